The summed E-state index contributed by atoms with van der Waals surface area (Å²) in [4.78, 5) is 16.7. The van der Waals surface area contributed by atoms with Gasteiger partial charge in [0.05, 0.1) is 22.8 Å². The van der Waals surface area contributed by atoms with Crippen molar-refractivity contribution < 1.29 is 13.6 Å². The van der Waals surface area contributed by atoms with Gasteiger partial charge in [0.1, 0.15) is 0 Å². The summed E-state index contributed by atoms with van der Waals surface area (Å²) in [7, 11) is 0. The maximum absolute atomic E-state index is 13.5. The highest BCUT2D eigenvalue weighted by atomic mass is 32.2. The molecule has 1 N–H and O–H groups in total. The van der Waals surface area contributed by atoms with Crippen molar-refractivity contribution in [1.29, 1.82) is 0 Å². The van der Waals surface area contributed by atoms with Crippen molar-refractivity contribution in [3.05, 3.63) is 60.2 Å². The molecule has 0 radical (unpaired) electrons. The maximum atomic E-state index is 13.5. The molecule has 1 atom stereocenters. The Labute approximate surface area is 161 Å². The number of fused-ring (bicyclic) bond motifs is 1. The molecule has 3 rings (SSSR count). The number of halogens is 2. The minimum absolute atomic E-state index is 0.0199. The van der Waals surface area contributed by atoms with Gasteiger partial charge in [-0.15, -0.1) is 0 Å². The summed E-state index contributed by atoms with van der Waals surface area (Å²) >= 11 is 1.02. The van der Waals surface area contributed by atoms with Gasteiger partial charge in [0.15, 0.2) is 5.16 Å². The van der Waals surface area contributed by atoms with Gasteiger partial charge >= 0.3 is 6.55 Å². The number of alkyl halides is 2. The lowest BCUT2D eigenvalue weighted by atomic mass is 9.96. The molecule has 1 heterocycles. The van der Waals surface area contributed by atoms with Crippen LogP contribution < -0.4 is 5.32 Å². The SMILES string of the molecule is CC(C)C(NC(=O)CSc1nc2ccccc2n1C(F)F)c1ccccc1. The molecule has 27 heavy (non-hydrogen) atoms. The first-order valence-corrected chi connectivity index (χ1v) is 9.68. The summed E-state index contributed by atoms with van der Waals surface area (Å²) in [6, 6.07) is 16.3. The molecule has 7 heteroatoms. The van der Waals surface area contributed by atoms with Gasteiger partial charge in [0.25, 0.3) is 0 Å². The number of imidazole rings is 1. The Bertz CT molecular complexity index is 912. The normalized spacial score (nSPS) is 12.7. The van der Waals surface area contributed by atoms with Gasteiger partial charge in [-0.3, -0.25) is 9.36 Å². The van der Waals surface area contributed by atoms with Gasteiger partial charge in [-0.2, -0.15) is 8.78 Å². The fraction of sp³-hybridized carbons (Fsp3) is 0.300. The molecule has 1 amide bonds. The molecule has 2 aromatic carbocycles. The number of hydrogen-bond donors (Lipinski definition) is 1. The van der Waals surface area contributed by atoms with E-state index in [9.17, 15) is 13.6 Å². The number of thioether (sulfide) groups is 1. The molecule has 3 aromatic rings. The number of para-hydroxylation sites is 2. The third kappa shape index (κ3) is 4.47. The van der Waals surface area contributed by atoms with Crippen LogP contribution in [0.15, 0.2) is 59.8 Å². The summed E-state index contributed by atoms with van der Waals surface area (Å²) in [6.45, 7) is 1.35. The fourth-order valence-electron chi connectivity index (χ4n) is 2.95. The first-order valence-electron chi connectivity index (χ1n) is 8.69. The van der Waals surface area contributed by atoms with Crippen molar-refractivity contribution in [2.45, 2.75) is 31.6 Å². The number of hydrogen-bond acceptors (Lipinski definition) is 3. The minimum atomic E-state index is -2.71. The monoisotopic (exact) mass is 389 g/mol. The van der Waals surface area contributed by atoms with Crippen LogP contribution in [-0.2, 0) is 4.79 Å². The Morgan fingerprint density at radius 3 is 2.44 bits per heavy atom. The van der Waals surface area contributed by atoms with Crippen molar-refractivity contribution in [1.82, 2.24) is 14.9 Å². The van der Waals surface area contributed by atoms with E-state index in [0.29, 0.717) is 11.0 Å². The van der Waals surface area contributed by atoms with E-state index in [-0.39, 0.29) is 28.8 Å². The second-order valence-electron chi connectivity index (χ2n) is 6.52. The number of nitrogens with zero attached hydrogens (tertiary/aromatic N) is 2. The van der Waals surface area contributed by atoms with Crippen LogP contribution in [0, 0.1) is 5.92 Å². The largest absolute Gasteiger partial charge is 0.348 e. The van der Waals surface area contributed by atoms with Crippen molar-refractivity contribution in [2.75, 3.05) is 5.75 Å². The van der Waals surface area contributed by atoms with Gasteiger partial charge in [0.2, 0.25) is 5.91 Å². The quantitative estimate of drug-likeness (QED) is 0.576. The number of benzene rings is 2. The summed E-state index contributed by atoms with van der Waals surface area (Å²) < 4.78 is 27.8. The van der Waals surface area contributed by atoms with E-state index in [1.54, 1.807) is 24.3 Å². The van der Waals surface area contributed by atoms with Gasteiger partial charge in [0, 0.05) is 0 Å². The minimum Gasteiger partial charge on any atom is -0.348 e. The molecule has 4 nitrogen and oxygen atoms in total. The second-order valence-corrected chi connectivity index (χ2v) is 7.46. The van der Waals surface area contributed by atoms with E-state index in [1.807, 2.05) is 44.2 Å². The Balaban J connectivity index is 1.72. The molecule has 142 valence electrons. The van der Waals surface area contributed by atoms with E-state index >= 15 is 0 Å². The van der Waals surface area contributed by atoms with E-state index in [2.05, 4.69) is 10.3 Å². The number of aromatic nitrogens is 2. The van der Waals surface area contributed by atoms with Crippen LogP contribution in [0.5, 0.6) is 0 Å². The fourth-order valence-corrected chi connectivity index (χ4v) is 3.78. The van der Waals surface area contributed by atoms with Crippen LogP contribution in [0.1, 0.15) is 32.0 Å². The number of amides is 1. The Kier molecular flexibility index (Phi) is 6.11. The summed E-state index contributed by atoms with van der Waals surface area (Å²) in [5.74, 6) is 0.00828. The maximum Gasteiger partial charge on any atom is 0.321 e. The first-order chi connectivity index (χ1) is 13.0. The third-order valence-corrected chi connectivity index (χ3v) is 5.19. The first kappa shape index (κ1) is 19.4. The van der Waals surface area contributed by atoms with Crippen molar-refractivity contribution in [3.8, 4) is 0 Å². The van der Waals surface area contributed by atoms with Crippen LogP contribution in [0.3, 0.4) is 0 Å². The smallest absolute Gasteiger partial charge is 0.321 e. The lowest BCUT2D eigenvalue weighted by molar-refractivity contribution is -0.119. The van der Waals surface area contributed by atoms with E-state index < -0.39 is 6.55 Å². The van der Waals surface area contributed by atoms with Gasteiger partial charge in [-0.1, -0.05) is 68.1 Å². The molecule has 1 aromatic heterocycles. The number of nitrogens with one attached hydrogen (secondary N) is 1. The third-order valence-electron chi connectivity index (χ3n) is 4.23. The van der Waals surface area contributed by atoms with E-state index in [4.69, 9.17) is 0 Å². The highest BCUT2D eigenvalue weighted by Crippen LogP contribution is 2.29. The molecule has 0 saturated carbocycles. The zero-order chi connectivity index (χ0) is 19.4. The molecular formula is C20H21F2N3OS. The molecule has 0 bridgehead atoms. The van der Waals surface area contributed by atoms with Crippen LogP contribution >= 0.6 is 11.8 Å². The Hall–Kier alpha value is -2.41. The Morgan fingerprint density at radius 1 is 1.11 bits per heavy atom. The summed E-state index contributed by atoms with van der Waals surface area (Å²) in [5, 5.41) is 3.14. The van der Waals surface area contributed by atoms with E-state index in [0.717, 1.165) is 21.9 Å². The summed E-state index contributed by atoms with van der Waals surface area (Å²) in [6.07, 6.45) is 0. The van der Waals surface area contributed by atoms with Gasteiger partial charge < -0.3 is 5.32 Å². The van der Waals surface area contributed by atoms with Crippen molar-refractivity contribution in [2.24, 2.45) is 5.92 Å². The molecule has 1 unspecified atom stereocenters. The predicted octanol–water partition coefficient (Wildman–Crippen LogP) is 5.04. The molecular weight excluding hydrogens is 368 g/mol. The summed E-state index contributed by atoms with van der Waals surface area (Å²) in [5.41, 5.74) is 1.87. The number of carbonyl (C=O) groups is 1. The highest BCUT2D eigenvalue weighted by molar-refractivity contribution is 7.99. The van der Waals surface area contributed by atoms with Crippen LogP contribution in [-0.4, -0.2) is 21.2 Å². The number of rotatable bonds is 7. The average molecular weight is 389 g/mol. The zero-order valence-electron chi connectivity index (χ0n) is 15.1. The van der Waals surface area contributed by atoms with Crippen molar-refractivity contribution in [3.63, 3.8) is 0 Å². The second kappa shape index (κ2) is 8.52. The van der Waals surface area contributed by atoms with Gasteiger partial charge in [-0.25, -0.2) is 4.98 Å². The zero-order valence-corrected chi connectivity index (χ0v) is 15.9. The standard InChI is InChI=1S/C20H21F2N3OS/c1-13(2)18(14-8-4-3-5-9-14)24-17(26)12-27-20-23-15-10-6-7-11-16(15)25(20)19(21)22/h3-11,13,18-19H,12H2,1-2H3,(H,24,26). The van der Waals surface area contributed by atoms with Crippen molar-refractivity contribution >= 4 is 28.7 Å². The topological polar surface area (TPSA) is 46.9 Å². The van der Waals surface area contributed by atoms with E-state index in [1.165, 1.54) is 0 Å². The molecule has 0 fully saturated rings. The lowest BCUT2D eigenvalue weighted by Crippen LogP contribution is -2.33. The predicted molar refractivity (Wildman–Crippen MR) is 104 cm³/mol. The van der Waals surface area contributed by atoms with Crippen LogP contribution in [0.4, 0.5) is 8.78 Å². The molecule has 0 aliphatic heterocycles. The average Bonchev–Trinajstić information content (AvgIpc) is 3.03. The highest BCUT2D eigenvalue weighted by Gasteiger charge is 2.21. The molecule has 0 aliphatic rings. The molecule has 0 aliphatic carbocycles. The molecule has 0 saturated heterocycles. The molecule has 0 spiro atoms. The van der Waals surface area contributed by atoms with Crippen LogP contribution in [0.2, 0.25) is 0 Å². The Morgan fingerprint density at radius 2 is 1.78 bits per heavy atom. The number of carbonyl (C=O) groups excluding carboxylic acids is 1. The van der Waals surface area contributed by atoms with Crippen LogP contribution in [0.25, 0.3) is 11.0 Å². The lowest BCUT2D eigenvalue weighted by Gasteiger charge is -2.22. The van der Waals surface area contributed by atoms with Gasteiger partial charge in [-0.05, 0) is 23.6 Å².